The summed E-state index contributed by atoms with van der Waals surface area (Å²) in [5.41, 5.74) is 1.80. The van der Waals surface area contributed by atoms with Crippen LogP contribution in [-0.2, 0) is 21.3 Å². The van der Waals surface area contributed by atoms with Crippen molar-refractivity contribution >= 4 is 27.6 Å². The van der Waals surface area contributed by atoms with Crippen molar-refractivity contribution in [3.8, 4) is 11.5 Å². The Morgan fingerprint density at radius 1 is 0.943 bits per heavy atom. The average Bonchev–Trinajstić information content (AvgIpc) is 2.88. The van der Waals surface area contributed by atoms with Crippen LogP contribution in [0.5, 0.6) is 11.5 Å². The largest absolute Gasteiger partial charge is 0.493 e. The summed E-state index contributed by atoms with van der Waals surface area (Å²) in [6.07, 6.45) is 0. The van der Waals surface area contributed by atoms with Gasteiger partial charge in [0.2, 0.25) is 10.0 Å². The minimum Gasteiger partial charge on any atom is -0.493 e. The molecule has 0 spiro atoms. The summed E-state index contributed by atoms with van der Waals surface area (Å²) in [4.78, 5) is 27.3. The Bertz CT molecular complexity index is 1160. The lowest BCUT2D eigenvalue weighted by atomic mass is 10.1. The summed E-state index contributed by atoms with van der Waals surface area (Å²) in [5, 5.41) is 2.75. The van der Waals surface area contributed by atoms with Gasteiger partial charge in [-0.2, -0.15) is 4.31 Å². The molecule has 0 atom stereocenters. The molecule has 0 aromatic heterocycles. The number of piperazine rings is 1. The fraction of sp³-hybridized carbons (Fsp3) is 0.417. The number of esters is 1. The van der Waals surface area contributed by atoms with Gasteiger partial charge in [-0.05, 0) is 24.6 Å². The maximum Gasteiger partial charge on any atom is 0.340 e. The molecule has 35 heavy (non-hydrogen) atoms. The van der Waals surface area contributed by atoms with E-state index in [1.807, 2.05) is 12.1 Å². The normalized spacial score (nSPS) is 14.9. The molecular weight excluding hydrogens is 474 g/mol. The molecule has 190 valence electrons. The molecule has 1 fully saturated rings. The molecule has 1 aliphatic rings. The first-order chi connectivity index (χ1) is 16.7. The van der Waals surface area contributed by atoms with E-state index in [2.05, 4.69) is 10.2 Å². The van der Waals surface area contributed by atoms with Crippen LogP contribution in [0.2, 0.25) is 0 Å². The van der Waals surface area contributed by atoms with Gasteiger partial charge in [0, 0.05) is 50.4 Å². The van der Waals surface area contributed by atoms with Crippen LogP contribution >= 0.6 is 0 Å². The highest BCUT2D eigenvalue weighted by atomic mass is 32.2. The molecule has 11 heteroatoms. The lowest BCUT2D eigenvalue weighted by Gasteiger charge is -2.33. The quantitative estimate of drug-likeness (QED) is 0.516. The van der Waals surface area contributed by atoms with Gasteiger partial charge in [0.15, 0.2) is 11.5 Å². The second kappa shape index (κ2) is 11.5. The van der Waals surface area contributed by atoms with Crippen LogP contribution in [0.25, 0.3) is 0 Å². The number of rotatable bonds is 9. The highest BCUT2D eigenvalue weighted by molar-refractivity contribution is 7.89. The molecule has 0 bridgehead atoms. The molecule has 1 heterocycles. The first kappa shape index (κ1) is 26.5. The van der Waals surface area contributed by atoms with Crippen LogP contribution in [0.15, 0.2) is 36.4 Å². The van der Waals surface area contributed by atoms with Crippen molar-refractivity contribution in [2.45, 2.75) is 13.5 Å². The zero-order valence-corrected chi connectivity index (χ0v) is 21.2. The monoisotopic (exact) mass is 505 g/mol. The molecule has 2 aromatic carbocycles. The van der Waals surface area contributed by atoms with Gasteiger partial charge in [0.05, 0.1) is 38.3 Å². The zero-order chi connectivity index (χ0) is 25.6. The summed E-state index contributed by atoms with van der Waals surface area (Å²) >= 11 is 0. The van der Waals surface area contributed by atoms with Crippen molar-refractivity contribution < 1.29 is 32.2 Å². The number of sulfonamides is 1. The predicted molar refractivity (Wildman–Crippen MR) is 132 cm³/mol. The molecule has 1 aliphatic heterocycles. The van der Waals surface area contributed by atoms with Crippen LogP contribution in [0.3, 0.4) is 0 Å². The van der Waals surface area contributed by atoms with Gasteiger partial charge in [-0.3, -0.25) is 9.69 Å². The second-order valence-electron chi connectivity index (χ2n) is 7.97. The predicted octanol–water partition coefficient (Wildman–Crippen LogP) is 2.21. The first-order valence-corrected chi connectivity index (χ1v) is 12.8. The molecule has 2 aromatic rings. The maximum atomic E-state index is 12.9. The highest BCUT2D eigenvalue weighted by Crippen LogP contribution is 2.34. The van der Waals surface area contributed by atoms with E-state index in [-0.39, 0.29) is 17.0 Å². The van der Waals surface area contributed by atoms with Gasteiger partial charge in [-0.1, -0.05) is 12.1 Å². The summed E-state index contributed by atoms with van der Waals surface area (Å²) in [6, 6.07) is 10.1. The Kier molecular flexibility index (Phi) is 8.71. The summed E-state index contributed by atoms with van der Waals surface area (Å²) in [6.45, 7) is 4.56. The summed E-state index contributed by atoms with van der Waals surface area (Å²) < 4.78 is 40.9. The SMILES string of the molecule is CCS(=O)(=O)N1CCN(Cc2ccc(C(=O)Nc3cc(OC)c(OC)cc3C(=O)OC)cc2)CC1. The lowest BCUT2D eigenvalue weighted by Crippen LogP contribution is -2.48. The minimum atomic E-state index is -3.16. The molecule has 1 saturated heterocycles. The van der Waals surface area contributed by atoms with Gasteiger partial charge >= 0.3 is 5.97 Å². The number of ether oxygens (including phenoxy) is 3. The third-order valence-corrected chi connectivity index (χ3v) is 7.77. The van der Waals surface area contributed by atoms with Crippen LogP contribution in [-0.4, -0.2) is 82.8 Å². The van der Waals surface area contributed by atoms with E-state index in [1.165, 1.54) is 37.8 Å². The van der Waals surface area contributed by atoms with Gasteiger partial charge in [-0.25, -0.2) is 13.2 Å². The molecule has 0 radical (unpaired) electrons. The lowest BCUT2D eigenvalue weighted by molar-refractivity contribution is 0.0601. The van der Waals surface area contributed by atoms with Gasteiger partial charge in [0.25, 0.3) is 5.91 Å². The van der Waals surface area contributed by atoms with E-state index in [9.17, 15) is 18.0 Å². The Morgan fingerprint density at radius 3 is 2.09 bits per heavy atom. The minimum absolute atomic E-state index is 0.112. The molecule has 3 rings (SSSR count). The van der Waals surface area contributed by atoms with Crippen LogP contribution in [0.1, 0.15) is 33.2 Å². The highest BCUT2D eigenvalue weighted by Gasteiger charge is 2.25. The number of carbonyl (C=O) groups is 2. The van der Waals surface area contributed by atoms with Crippen LogP contribution in [0, 0.1) is 0 Å². The average molecular weight is 506 g/mol. The van der Waals surface area contributed by atoms with Crippen molar-refractivity contribution in [3.05, 3.63) is 53.1 Å². The smallest absolute Gasteiger partial charge is 0.340 e. The zero-order valence-electron chi connectivity index (χ0n) is 20.4. The molecule has 0 unspecified atom stereocenters. The number of amides is 1. The fourth-order valence-corrected chi connectivity index (χ4v) is 4.91. The van der Waals surface area contributed by atoms with Gasteiger partial charge in [0.1, 0.15) is 0 Å². The molecule has 1 amide bonds. The van der Waals surface area contributed by atoms with E-state index in [0.29, 0.717) is 49.8 Å². The summed E-state index contributed by atoms with van der Waals surface area (Å²) in [7, 11) is 1.01. The van der Waals surface area contributed by atoms with E-state index in [4.69, 9.17) is 14.2 Å². The molecular formula is C24H31N3O7S. The molecule has 10 nitrogen and oxygen atoms in total. The van der Waals surface area contributed by atoms with Crippen molar-refractivity contribution in [1.29, 1.82) is 0 Å². The van der Waals surface area contributed by atoms with E-state index in [1.54, 1.807) is 19.1 Å². The van der Waals surface area contributed by atoms with Crippen LogP contribution < -0.4 is 14.8 Å². The van der Waals surface area contributed by atoms with E-state index in [0.717, 1.165) is 5.56 Å². The number of nitrogens with one attached hydrogen (secondary N) is 1. The number of benzene rings is 2. The third kappa shape index (κ3) is 6.30. The second-order valence-corrected chi connectivity index (χ2v) is 10.2. The number of hydrogen-bond donors (Lipinski definition) is 1. The Hall–Kier alpha value is -3.15. The van der Waals surface area contributed by atoms with E-state index >= 15 is 0 Å². The van der Waals surface area contributed by atoms with Crippen molar-refractivity contribution in [2.24, 2.45) is 0 Å². The maximum absolute atomic E-state index is 12.9. The number of methoxy groups -OCH3 is 3. The topological polar surface area (TPSA) is 114 Å². The Labute approximate surface area is 205 Å². The van der Waals surface area contributed by atoms with E-state index < -0.39 is 21.9 Å². The Balaban J connectivity index is 1.67. The van der Waals surface area contributed by atoms with Crippen molar-refractivity contribution in [1.82, 2.24) is 9.21 Å². The standard InChI is InChI=1S/C24H31N3O7S/c1-5-35(30,31)27-12-10-26(11-13-27)16-17-6-8-18(9-7-17)23(28)25-20-15-22(33-3)21(32-2)14-19(20)24(29)34-4/h6-9,14-15H,5,10-13,16H2,1-4H3,(H,25,28). The number of anilines is 1. The Morgan fingerprint density at radius 2 is 1.54 bits per heavy atom. The molecule has 1 N–H and O–H groups in total. The van der Waals surface area contributed by atoms with Gasteiger partial charge in [-0.15, -0.1) is 0 Å². The first-order valence-electron chi connectivity index (χ1n) is 11.2. The van der Waals surface area contributed by atoms with Crippen molar-refractivity contribution in [3.63, 3.8) is 0 Å². The summed E-state index contributed by atoms with van der Waals surface area (Å²) in [5.74, 6) is -0.210. The number of hydrogen-bond acceptors (Lipinski definition) is 8. The number of carbonyl (C=O) groups excluding carboxylic acids is 2. The van der Waals surface area contributed by atoms with Crippen molar-refractivity contribution in [2.75, 3.05) is 58.6 Å². The molecule has 0 aliphatic carbocycles. The third-order valence-electron chi connectivity index (χ3n) is 5.89. The number of nitrogens with zero attached hydrogens (tertiary/aromatic N) is 2. The fourth-order valence-electron chi connectivity index (χ4n) is 3.82. The van der Waals surface area contributed by atoms with Gasteiger partial charge < -0.3 is 19.5 Å². The van der Waals surface area contributed by atoms with Crippen LogP contribution in [0.4, 0.5) is 5.69 Å². The molecule has 0 saturated carbocycles.